The predicted octanol–water partition coefficient (Wildman–Crippen LogP) is 3.04. The van der Waals surface area contributed by atoms with Gasteiger partial charge < -0.3 is 8.83 Å². The maximum Gasteiger partial charge on any atom is 0.217 e. The van der Waals surface area contributed by atoms with Gasteiger partial charge in [0.05, 0.1) is 12.2 Å². The second-order valence-electron chi connectivity index (χ2n) is 4.02. The Bertz CT molecular complexity index is 574. The average Bonchev–Trinajstić information content (AvgIpc) is 3.10. The molecule has 0 aliphatic carbocycles. The van der Waals surface area contributed by atoms with Gasteiger partial charge >= 0.3 is 0 Å². The third-order valence-electron chi connectivity index (χ3n) is 2.87. The molecule has 18 heavy (non-hydrogen) atoms. The van der Waals surface area contributed by atoms with Crippen LogP contribution in [0.2, 0.25) is 0 Å². The van der Waals surface area contributed by atoms with Crippen LogP contribution in [0.25, 0.3) is 0 Å². The molecule has 2 heterocycles. The highest BCUT2D eigenvalue weighted by molar-refractivity contribution is 5.28. The molecule has 4 nitrogen and oxygen atoms in total. The minimum absolute atomic E-state index is 0.0987. The van der Waals surface area contributed by atoms with Crippen LogP contribution in [0.5, 0.6) is 0 Å². The molecule has 1 aromatic carbocycles. The molecule has 0 saturated carbocycles. The fraction of sp³-hybridized carbons (Fsp3) is 0.143. The third-order valence-corrected chi connectivity index (χ3v) is 2.87. The summed E-state index contributed by atoms with van der Waals surface area (Å²) in [6.07, 6.45) is 3.66. The van der Waals surface area contributed by atoms with Crippen LogP contribution >= 0.6 is 0 Å². The van der Waals surface area contributed by atoms with Gasteiger partial charge in [0.25, 0.3) is 0 Å². The SMILES string of the molecule is c1ccc([C@H](Cc2nnco2)c2ccco2)cc1. The summed E-state index contributed by atoms with van der Waals surface area (Å²) in [6, 6.07) is 14.0. The van der Waals surface area contributed by atoms with Crippen molar-refractivity contribution in [2.24, 2.45) is 0 Å². The van der Waals surface area contributed by atoms with E-state index in [2.05, 4.69) is 22.3 Å². The Balaban J connectivity index is 1.94. The van der Waals surface area contributed by atoms with Gasteiger partial charge in [-0.3, -0.25) is 0 Å². The van der Waals surface area contributed by atoms with Gasteiger partial charge in [-0.05, 0) is 17.7 Å². The molecule has 3 rings (SSSR count). The topological polar surface area (TPSA) is 52.1 Å². The fourth-order valence-corrected chi connectivity index (χ4v) is 2.02. The molecule has 4 heteroatoms. The molecule has 1 atom stereocenters. The second-order valence-corrected chi connectivity index (χ2v) is 4.02. The summed E-state index contributed by atoms with van der Waals surface area (Å²) in [5.74, 6) is 1.61. The zero-order chi connectivity index (χ0) is 12.2. The van der Waals surface area contributed by atoms with Crippen LogP contribution in [0, 0.1) is 0 Å². The van der Waals surface area contributed by atoms with E-state index in [1.165, 1.54) is 12.0 Å². The van der Waals surface area contributed by atoms with Crippen LogP contribution in [0.4, 0.5) is 0 Å². The molecule has 0 spiro atoms. The lowest BCUT2D eigenvalue weighted by Crippen LogP contribution is -2.04. The molecule has 0 N–H and O–H groups in total. The van der Waals surface area contributed by atoms with Crippen LogP contribution in [0.15, 0.2) is 64.0 Å². The number of furan rings is 1. The molecule has 0 unspecified atom stereocenters. The summed E-state index contributed by atoms with van der Waals surface area (Å²) < 4.78 is 10.7. The predicted molar refractivity (Wildman–Crippen MR) is 65.0 cm³/mol. The van der Waals surface area contributed by atoms with Crippen LogP contribution < -0.4 is 0 Å². The minimum Gasteiger partial charge on any atom is -0.469 e. The minimum atomic E-state index is 0.0987. The van der Waals surface area contributed by atoms with E-state index >= 15 is 0 Å². The van der Waals surface area contributed by atoms with Gasteiger partial charge in [0.15, 0.2) is 0 Å². The van der Waals surface area contributed by atoms with Gasteiger partial charge in [0.1, 0.15) is 5.76 Å². The van der Waals surface area contributed by atoms with Gasteiger partial charge in [0.2, 0.25) is 12.3 Å². The largest absolute Gasteiger partial charge is 0.469 e. The normalized spacial score (nSPS) is 12.4. The smallest absolute Gasteiger partial charge is 0.217 e. The zero-order valence-electron chi connectivity index (χ0n) is 9.69. The van der Waals surface area contributed by atoms with Crippen molar-refractivity contribution in [3.8, 4) is 0 Å². The Labute approximate surface area is 104 Å². The van der Waals surface area contributed by atoms with Crippen molar-refractivity contribution in [1.82, 2.24) is 10.2 Å². The monoisotopic (exact) mass is 240 g/mol. The Kier molecular flexibility index (Phi) is 2.92. The first-order chi connectivity index (χ1) is 8.93. The van der Waals surface area contributed by atoms with Gasteiger partial charge in [-0.1, -0.05) is 30.3 Å². The van der Waals surface area contributed by atoms with Gasteiger partial charge in [-0.25, -0.2) is 0 Å². The van der Waals surface area contributed by atoms with E-state index in [1.807, 2.05) is 30.3 Å². The number of aromatic nitrogens is 2. The highest BCUT2D eigenvalue weighted by Crippen LogP contribution is 2.28. The van der Waals surface area contributed by atoms with Crippen LogP contribution in [0.3, 0.4) is 0 Å². The summed E-state index contributed by atoms with van der Waals surface area (Å²) in [7, 11) is 0. The lowest BCUT2D eigenvalue weighted by molar-refractivity contribution is 0.442. The van der Waals surface area contributed by atoms with Gasteiger partial charge in [-0.15, -0.1) is 10.2 Å². The van der Waals surface area contributed by atoms with E-state index in [4.69, 9.17) is 8.83 Å². The molecule has 90 valence electrons. The summed E-state index contributed by atoms with van der Waals surface area (Å²) >= 11 is 0. The lowest BCUT2D eigenvalue weighted by atomic mass is 9.93. The van der Waals surface area contributed by atoms with Crippen molar-refractivity contribution in [1.29, 1.82) is 0 Å². The van der Waals surface area contributed by atoms with Gasteiger partial charge in [0, 0.05) is 6.42 Å². The molecule has 0 aliphatic heterocycles. The molecule has 0 radical (unpaired) electrons. The Morgan fingerprint density at radius 2 is 1.89 bits per heavy atom. The van der Waals surface area contributed by atoms with Crippen molar-refractivity contribution in [2.45, 2.75) is 12.3 Å². The fourth-order valence-electron chi connectivity index (χ4n) is 2.02. The molecule has 0 amide bonds. The van der Waals surface area contributed by atoms with E-state index in [0.29, 0.717) is 12.3 Å². The summed E-state index contributed by atoms with van der Waals surface area (Å²) in [5, 5.41) is 7.64. The van der Waals surface area contributed by atoms with Crippen molar-refractivity contribution >= 4 is 0 Å². The summed E-state index contributed by atoms with van der Waals surface area (Å²) in [4.78, 5) is 0. The molecule has 0 bridgehead atoms. The number of nitrogens with zero attached hydrogens (tertiary/aromatic N) is 2. The molecular formula is C14H12N2O2. The lowest BCUT2D eigenvalue weighted by Gasteiger charge is -2.12. The van der Waals surface area contributed by atoms with E-state index < -0.39 is 0 Å². The van der Waals surface area contributed by atoms with E-state index in [0.717, 1.165) is 5.76 Å². The number of rotatable bonds is 4. The molecule has 0 saturated heterocycles. The van der Waals surface area contributed by atoms with Gasteiger partial charge in [-0.2, -0.15) is 0 Å². The highest BCUT2D eigenvalue weighted by Gasteiger charge is 2.19. The summed E-state index contributed by atoms with van der Waals surface area (Å²) in [6.45, 7) is 0. The highest BCUT2D eigenvalue weighted by atomic mass is 16.4. The quantitative estimate of drug-likeness (QED) is 0.703. The van der Waals surface area contributed by atoms with Crippen molar-refractivity contribution in [2.75, 3.05) is 0 Å². The maximum absolute atomic E-state index is 5.51. The standard InChI is InChI=1S/C14H12N2O2/c1-2-5-11(6-3-1)12(13-7-4-8-17-13)9-14-16-15-10-18-14/h1-8,10,12H,9H2/t12-/m0/s1. The number of hydrogen-bond acceptors (Lipinski definition) is 4. The number of hydrogen-bond donors (Lipinski definition) is 0. The van der Waals surface area contributed by atoms with Crippen molar-refractivity contribution < 1.29 is 8.83 Å². The first kappa shape index (κ1) is 10.8. The molecule has 0 aliphatic rings. The first-order valence-corrected chi connectivity index (χ1v) is 5.77. The van der Waals surface area contributed by atoms with Crippen molar-refractivity contribution in [3.05, 3.63) is 72.3 Å². The van der Waals surface area contributed by atoms with E-state index in [-0.39, 0.29) is 5.92 Å². The Morgan fingerprint density at radius 1 is 1.00 bits per heavy atom. The molecular weight excluding hydrogens is 228 g/mol. The average molecular weight is 240 g/mol. The third kappa shape index (κ3) is 2.18. The van der Waals surface area contributed by atoms with E-state index in [9.17, 15) is 0 Å². The summed E-state index contributed by atoms with van der Waals surface area (Å²) in [5.41, 5.74) is 1.17. The van der Waals surface area contributed by atoms with Crippen LogP contribution in [-0.2, 0) is 6.42 Å². The molecule has 2 aromatic heterocycles. The van der Waals surface area contributed by atoms with Crippen molar-refractivity contribution in [3.63, 3.8) is 0 Å². The number of benzene rings is 1. The Hall–Kier alpha value is -2.36. The van der Waals surface area contributed by atoms with Crippen LogP contribution in [0.1, 0.15) is 23.1 Å². The molecule has 3 aromatic rings. The first-order valence-electron chi connectivity index (χ1n) is 5.77. The Morgan fingerprint density at radius 3 is 2.56 bits per heavy atom. The zero-order valence-corrected chi connectivity index (χ0v) is 9.69. The van der Waals surface area contributed by atoms with E-state index in [1.54, 1.807) is 6.26 Å². The molecule has 0 fully saturated rings. The second kappa shape index (κ2) is 4.87. The maximum atomic E-state index is 5.51. The van der Waals surface area contributed by atoms with Crippen LogP contribution in [-0.4, -0.2) is 10.2 Å².